The molecule has 2 rings (SSSR count). The van der Waals surface area contributed by atoms with Crippen LogP contribution in [-0.2, 0) is 16.0 Å². The number of nitrogens with zero attached hydrogens (tertiary/aromatic N) is 1. The van der Waals surface area contributed by atoms with Crippen molar-refractivity contribution in [3.8, 4) is 0 Å². The van der Waals surface area contributed by atoms with Gasteiger partial charge >= 0.3 is 11.9 Å². The van der Waals surface area contributed by atoms with E-state index in [1.165, 1.54) is 28.7 Å². The van der Waals surface area contributed by atoms with Crippen LogP contribution in [0.1, 0.15) is 12.5 Å². The molecule has 0 saturated carbocycles. The van der Waals surface area contributed by atoms with E-state index in [2.05, 4.69) is 46.0 Å². The minimum atomic E-state index is -1.26. The van der Waals surface area contributed by atoms with Gasteiger partial charge in [0.25, 0.3) is 0 Å². The molecule has 21 heavy (non-hydrogen) atoms. The maximum absolute atomic E-state index is 9.55. The highest BCUT2D eigenvalue weighted by molar-refractivity contribution is 9.10. The molecule has 7 heteroatoms. The highest BCUT2D eigenvalue weighted by atomic mass is 79.9. The first-order valence-corrected chi connectivity index (χ1v) is 6.90. The SMILES string of the molecule is CCN1CCc2ccc(Br)cc21.N.O=C(O)C=CC(=O)O. The molecule has 0 atom stereocenters. The molecule has 116 valence electrons. The quantitative estimate of drug-likeness (QED) is 0.715. The van der Waals surface area contributed by atoms with Crippen LogP contribution in [0.5, 0.6) is 0 Å². The topological polar surface area (TPSA) is 113 Å². The first kappa shape index (κ1) is 19.1. The van der Waals surface area contributed by atoms with Crippen molar-refractivity contribution in [2.24, 2.45) is 0 Å². The van der Waals surface area contributed by atoms with Crippen molar-refractivity contribution in [2.75, 3.05) is 18.0 Å². The van der Waals surface area contributed by atoms with Crippen LogP contribution in [0, 0.1) is 0 Å². The van der Waals surface area contributed by atoms with Gasteiger partial charge in [0.15, 0.2) is 0 Å². The first-order chi connectivity index (χ1) is 9.43. The van der Waals surface area contributed by atoms with Gasteiger partial charge in [-0.1, -0.05) is 22.0 Å². The molecule has 0 aliphatic carbocycles. The number of likely N-dealkylation sites (N-methyl/N-ethyl adjacent to an activating group) is 1. The molecule has 0 unspecified atom stereocenters. The Bertz CT molecular complexity index is 516. The Kier molecular flexibility index (Phi) is 8.34. The fourth-order valence-electron chi connectivity index (χ4n) is 1.89. The fraction of sp³-hybridized carbons (Fsp3) is 0.286. The summed E-state index contributed by atoms with van der Waals surface area (Å²) in [6.07, 6.45) is 2.32. The van der Waals surface area contributed by atoms with Gasteiger partial charge in [0.05, 0.1) is 0 Å². The molecule has 0 amide bonds. The number of carbonyl (C=O) groups is 2. The van der Waals surface area contributed by atoms with E-state index in [1.807, 2.05) is 0 Å². The monoisotopic (exact) mass is 358 g/mol. The molecule has 1 aromatic rings. The maximum Gasteiger partial charge on any atom is 0.328 e. The third kappa shape index (κ3) is 6.42. The molecule has 0 aromatic heterocycles. The van der Waals surface area contributed by atoms with Gasteiger partial charge in [-0.2, -0.15) is 0 Å². The molecule has 5 N–H and O–H groups in total. The highest BCUT2D eigenvalue weighted by Crippen LogP contribution is 2.30. The number of anilines is 1. The van der Waals surface area contributed by atoms with Crippen LogP contribution in [0.15, 0.2) is 34.8 Å². The van der Waals surface area contributed by atoms with Crippen molar-refractivity contribution < 1.29 is 19.8 Å². The Hall–Kier alpha value is -1.86. The van der Waals surface area contributed by atoms with Gasteiger partial charge in [-0.05, 0) is 31.0 Å². The summed E-state index contributed by atoms with van der Waals surface area (Å²) in [7, 11) is 0. The third-order valence-electron chi connectivity index (χ3n) is 2.79. The Morgan fingerprint density at radius 1 is 1.29 bits per heavy atom. The highest BCUT2D eigenvalue weighted by Gasteiger charge is 2.16. The van der Waals surface area contributed by atoms with Crippen LogP contribution in [0.4, 0.5) is 5.69 Å². The molecule has 0 radical (unpaired) electrons. The van der Waals surface area contributed by atoms with Crippen LogP contribution >= 0.6 is 15.9 Å². The normalized spacial score (nSPS) is 12.2. The lowest BCUT2D eigenvalue weighted by molar-refractivity contribution is -0.134. The Morgan fingerprint density at radius 2 is 1.86 bits per heavy atom. The zero-order valence-electron chi connectivity index (χ0n) is 11.8. The standard InChI is InChI=1S/C10H12BrN.C4H4O4.H3N/c1-2-12-6-5-8-3-4-9(11)7-10(8)12;5-3(6)1-2-4(7)8;/h3-4,7H,2,5-6H2,1H3;1-2H,(H,5,6)(H,7,8);1H3. The number of rotatable bonds is 3. The largest absolute Gasteiger partial charge is 0.478 e. The summed E-state index contributed by atoms with van der Waals surface area (Å²) in [6, 6.07) is 6.55. The van der Waals surface area contributed by atoms with E-state index in [9.17, 15) is 9.59 Å². The minimum absolute atomic E-state index is 0. The van der Waals surface area contributed by atoms with E-state index in [4.69, 9.17) is 10.2 Å². The smallest absolute Gasteiger partial charge is 0.328 e. The number of halogens is 1. The molecule has 1 aliphatic heterocycles. The Balaban J connectivity index is 0.000000397. The second kappa shape index (κ2) is 9.15. The molecule has 0 bridgehead atoms. The van der Waals surface area contributed by atoms with Crippen LogP contribution < -0.4 is 11.1 Å². The number of carboxylic acids is 2. The van der Waals surface area contributed by atoms with E-state index >= 15 is 0 Å². The molecule has 6 nitrogen and oxygen atoms in total. The van der Waals surface area contributed by atoms with E-state index in [0.29, 0.717) is 12.2 Å². The fourth-order valence-corrected chi connectivity index (χ4v) is 2.24. The lowest BCUT2D eigenvalue weighted by Crippen LogP contribution is -2.19. The van der Waals surface area contributed by atoms with Gasteiger partial charge in [0.2, 0.25) is 0 Å². The summed E-state index contributed by atoms with van der Waals surface area (Å²) < 4.78 is 1.18. The van der Waals surface area contributed by atoms with Crippen molar-refractivity contribution >= 4 is 33.6 Å². The number of carboxylic acid groups (broad SMARTS) is 2. The lowest BCUT2D eigenvalue weighted by atomic mass is 10.2. The van der Waals surface area contributed by atoms with Gasteiger partial charge in [0, 0.05) is 35.4 Å². The second-order valence-electron chi connectivity index (χ2n) is 4.11. The zero-order valence-corrected chi connectivity index (χ0v) is 13.3. The maximum atomic E-state index is 9.55. The molecule has 1 heterocycles. The molecule has 0 saturated heterocycles. The first-order valence-electron chi connectivity index (χ1n) is 6.11. The van der Waals surface area contributed by atoms with Gasteiger partial charge in [-0.15, -0.1) is 0 Å². The van der Waals surface area contributed by atoms with Gasteiger partial charge in [0.1, 0.15) is 0 Å². The predicted molar refractivity (Wildman–Crippen MR) is 85.2 cm³/mol. The predicted octanol–water partition coefficient (Wildman–Crippen LogP) is 2.71. The Morgan fingerprint density at radius 3 is 2.33 bits per heavy atom. The molecular weight excluding hydrogens is 340 g/mol. The van der Waals surface area contributed by atoms with Crippen molar-refractivity contribution in [3.05, 3.63) is 40.4 Å². The number of benzene rings is 1. The van der Waals surface area contributed by atoms with Crippen LogP contribution in [0.2, 0.25) is 0 Å². The number of hydrogen-bond acceptors (Lipinski definition) is 4. The summed E-state index contributed by atoms with van der Waals surface area (Å²) >= 11 is 3.49. The zero-order chi connectivity index (χ0) is 15.1. The van der Waals surface area contributed by atoms with Crippen LogP contribution in [0.25, 0.3) is 0 Å². The summed E-state index contributed by atoms with van der Waals surface area (Å²) in [5, 5.41) is 15.6. The summed E-state index contributed by atoms with van der Waals surface area (Å²) in [4.78, 5) is 21.5. The molecule has 0 fully saturated rings. The van der Waals surface area contributed by atoms with Gasteiger partial charge in [-0.25, -0.2) is 9.59 Å². The van der Waals surface area contributed by atoms with Crippen molar-refractivity contribution in [2.45, 2.75) is 13.3 Å². The summed E-state index contributed by atoms with van der Waals surface area (Å²) in [6.45, 7) is 4.50. The lowest BCUT2D eigenvalue weighted by Gasteiger charge is -2.16. The van der Waals surface area contributed by atoms with Crippen LogP contribution in [0.3, 0.4) is 0 Å². The number of hydrogen-bond donors (Lipinski definition) is 3. The molecular formula is C14H19BrN2O4. The van der Waals surface area contributed by atoms with Gasteiger partial charge < -0.3 is 21.3 Å². The molecule has 0 spiro atoms. The average Bonchev–Trinajstić information content (AvgIpc) is 2.79. The average molecular weight is 359 g/mol. The van der Waals surface area contributed by atoms with E-state index < -0.39 is 11.9 Å². The Labute approximate surface area is 131 Å². The number of aliphatic carboxylic acids is 2. The summed E-state index contributed by atoms with van der Waals surface area (Å²) in [5.41, 5.74) is 2.90. The van der Waals surface area contributed by atoms with E-state index in [1.54, 1.807) is 0 Å². The third-order valence-corrected chi connectivity index (χ3v) is 3.28. The van der Waals surface area contributed by atoms with E-state index in [0.717, 1.165) is 6.54 Å². The molecule has 1 aromatic carbocycles. The van der Waals surface area contributed by atoms with Crippen molar-refractivity contribution in [3.63, 3.8) is 0 Å². The van der Waals surface area contributed by atoms with Crippen LogP contribution in [-0.4, -0.2) is 35.2 Å². The number of fused-ring (bicyclic) bond motifs is 1. The van der Waals surface area contributed by atoms with E-state index in [-0.39, 0.29) is 6.15 Å². The van der Waals surface area contributed by atoms with Crippen molar-refractivity contribution in [1.29, 1.82) is 0 Å². The second-order valence-corrected chi connectivity index (χ2v) is 5.03. The molecule has 1 aliphatic rings. The minimum Gasteiger partial charge on any atom is -0.478 e. The summed E-state index contributed by atoms with van der Waals surface area (Å²) in [5.74, 6) is -2.51. The van der Waals surface area contributed by atoms with Crippen molar-refractivity contribution in [1.82, 2.24) is 6.15 Å². The van der Waals surface area contributed by atoms with Gasteiger partial charge in [-0.3, -0.25) is 0 Å².